The molecule has 0 unspecified atom stereocenters. The van der Waals surface area contributed by atoms with Crippen LogP contribution in [0, 0.1) is 0 Å². The number of carbonyl (C=O) groups is 3. The van der Waals surface area contributed by atoms with Gasteiger partial charge in [-0.2, -0.15) is 0 Å². The molecule has 0 radical (unpaired) electrons. The molecule has 1 saturated carbocycles. The number of anilines is 1. The van der Waals surface area contributed by atoms with Gasteiger partial charge in [0.2, 0.25) is 11.8 Å². The lowest BCUT2D eigenvalue weighted by atomic mass is 10.2. The van der Waals surface area contributed by atoms with Crippen molar-refractivity contribution in [3.8, 4) is 5.75 Å². The average molecular weight is 416 g/mol. The van der Waals surface area contributed by atoms with Gasteiger partial charge >= 0.3 is 0 Å². The molecule has 7 nitrogen and oxygen atoms in total. The standard InChI is InChI=1S/C21H22ClN3O4/c1-29-18-9-5-16(6-10-18)24-19(26)12-23-20(27)13-25(17-7-8-17)21(28)14-3-2-4-15(22)11-14/h2-6,9-11,17H,7-8,12-13H2,1H3,(H,23,27)(H,24,26). The molecule has 3 rings (SSSR count). The molecule has 0 aliphatic heterocycles. The van der Waals surface area contributed by atoms with Gasteiger partial charge in [0.25, 0.3) is 5.91 Å². The Labute approximate surface area is 174 Å². The summed E-state index contributed by atoms with van der Waals surface area (Å²) in [5, 5.41) is 5.71. The van der Waals surface area contributed by atoms with Crippen molar-refractivity contribution in [3.63, 3.8) is 0 Å². The van der Waals surface area contributed by atoms with Crippen LogP contribution in [-0.4, -0.2) is 48.9 Å². The lowest BCUT2D eigenvalue weighted by molar-refractivity contribution is -0.124. The van der Waals surface area contributed by atoms with E-state index in [-0.39, 0.29) is 30.9 Å². The van der Waals surface area contributed by atoms with Crippen molar-refractivity contribution in [2.24, 2.45) is 0 Å². The Morgan fingerprint density at radius 3 is 2.45 bits per heavy atom. The maximum absolute atomic E-state index is 12.7. The number of halogens is 1. The molecule has 0 bridgehead atoms. The Hall–Kier alpha value is -3.06. The van der Waals surface area contributed by atoms with Crippen LogP contribution in [-0.2, 0) is 9.59 Å². The predicted octanol–water partition coefficient (Wildman–Crippen LogP) is 2.71. The average Bonchev–Trinajstić information content (AvgIpc) is 3.56. The summed E-state index contributed by atoms with van der Waals surface area (Å²) in [5.41, 5.74) is 1.04. The van der Waals surface area contributed by atoms with E-state index in [9.17, 15) is 14.4 Å². The van der Waals surface area contributed by atoms with E-state index in [2.05, 4.69) is 10.6 Å². The molecule has 0 saturated heterocycles. The molecule has 8 heteroatoms. The number of carbonyl (C=O) groups excluding carboxylic acids is 3. The lowest BCUT2D eigenvalue weighted by Gasteiger charge is -2.22. The first-order valence-corrected chi connectivity index (χ1v) is 9.61. The fourth-order valence-electron chi connectivity index (χ4n) is 2.81. The second-order valence-corrected chi connectivity index (χ2v) is 7.16. The van der Waals surface area contributed by atoms with Gasteiger partial charge < -0.3 is 20.3 Å². The van der Waals surface area contributed by atoms with E-state index in [1.54, 1.807) is 55.6 Å². The second-order valence-electron chi connectivity index (χ2n) is 6.73. The highest BCUT2D eigenvalue weighted by Crippen LogP contribution is 2.28. The first-order valence-electron chi connectivity index (χ1n) is 9.23. The van der Waals surface area contributed by atoms with Gasteiger partial charge in [-0.05, 0) is 55.3 Å². The zero-order valence-electron chi connectivity index (χ0n) is 16.0. The Balaban J connectivity index is 1.51. The molecule has 2 aromatic carbocycles. The fourth-order valence-corrected chi connectivity index (χ4v) is 3.00. The van der Waals surface area contributed by atoms with E-state index in [1.165, 1.54) is 4.90 Å². The van der Waals surface area contributed by atoms with Gasteiger partial charge in [-0.1, -0.05) is 17.7 Å². The third kappa shape index (κ3) is 5.96. The highest BCUT2D eigenvalue weighted by molar-refractivity contribution is 6.31. The van der Waals surface area contributed by atoms with Crippen LogP contribution in [0.25, 0.3) is 0 Å². The van der Waals surface area contributed by atoms with Crippen molar-refractivity contribution in [2.75, 3.05) is 25.5 Å². The first-order chi connectivity index (χ1) is 14.0. The highest BCUT2D eigenvalue weighted by atomic mass is 35.5. The predicted molar refractivity (Wildman–Crippen MR) is 110 cm³/mol. The van der Waals surface area contributed by atoms with E-state index in [1.807, 2.05) is 0 Å². The van der Waals surface area contributed by atoms with Crippen LogP contribution in [0.5, 0.6) is 5.75 Å². The number of hydrogen-bond donors (Lipinski definition) is 2. The van der Waals surface area contributed by atoms with Crippen LogP contribution >= 0.6 is 11.6 Å². The Morgan fingerprint density at radius 2 is 1.83 bits per heavy atom. The molecule has 1 fully saturated rings. The molecule has 0 atom stereocenters. The van der Waals surface area contributed by atoms with Crippen molar-refractivity contribution in [1.82, 2.24) is 10.2 Å². The summed E-state index contributed by atoms with van der Waals surface area (Å²) in [5.74, 6) is -0.312. The smallest absolute Gasteiger partial charge is 0.254 e. The minimum Gasteiger partial charge on any atom is -0.497 e. The van der Waals surface area contributed by atoms with Crippen LogP contribution in [0.3, 0.4) is 0 Å². The van der Waals surface area contributed by atoms with E-state index in [0.717, 1.165) is 12.8 Å². The zero-order valence-corrected chi connectivity index (χ0v) is 16.7. The number of nitrogens with one attached hydrogen (secondary N) is 2. The molecule has 2 N–H and O–H groups in total. The summed E-state index contributed by atoms with van der Waals surface area (Å²) in [7, 11) is 1.56. The van der Waals surface area contributed by atoms with Crippen molar-refractivity contribution >= 4 is 35.0 Å². The van der Waals surface area contributed by atoms with Crippen LogP contribution in [0.2, 0.25) is 5.02 Å². The normalized spacial score (nSPS) is 12.8. The Kier molecular flexibility index (Phi) is 6.72. The number of nitrogens with zero attached hydrogens (tertiary/aromatic N) is 1. The number of methoxy groups -OCH3 is 1. The molecule has 0 spiro atoms. The Morgan fingerprint density at radius 1 is 1.10 bits per heavy atom. The van der Waals surface area contributed by atoms with Crippen molar-refractivity contribution in [2.45, 2.75) is 18.9 Å². The monoisotopic (exact) mass is 415 g/mol. The van der Waals surface area contributed by atoms with Crippen LogP contribution in [0.1, 0.15) is 23.2 Å². The highest BCUT2D eigenvalue weighted by Gasteiger charge is 2.34. The van der Waals surface area contributed by atoms with Crippen LogP contribution in [0.15, 0.2) is 48.5 Å². The molecule has 1 aliphatic rings. The largest absolute Gasteiger partial charge is 0.497 e. The van der Waals surface area contributed by atoms with Crippen LogP contribution in [0.4, 0.5) is 5.69 Å². The van der Waals surface area contributed by atoms with E-state index in [0.29, 0.717) is 22.0 Å². The van der Waals surface area contributed by atoms with Crippen LogP contribution < -0.4 is 15.4 Å². The minimum absolute atomic E-state index is 0.0420. The topological polar surface area (TPSA) is 87.7 Å². The number of hydrogen-bond acceptors (Lipinski definition) is 4. The molecule has 2 aromatic rings. The van der Waals surface area contributed by atoms with E-state index < -0.39 is 5.91 Å². The third-order valence-electron chi connectivity index (χ3n) is 4.45. The quantitative estimate of drug-likeness (QED) is 0.694. The summed E-state index contributed by atoms with van der Waals surface area (Å²) < 4.78 is 5.06. The number of amides is 3. The molecule has 152 valence electrons. The van der Waals surface area contributed by atoms with E-state index >= 15 is 0 Å². The number of ether oxygens (including phenoxy) is 1. The fraction of sp³-hybridized carbons (Fsp3) is 0.286. The Bertz CT molecular complexity index is 897. The van der Waals surface area contributed by atoms with Crippen molar-refractivity contribution in [1.29, 1.82) is 0 Å². The first kappa shape index (κ1) is 20.7. The van der Waals surface area contributed by atoms with Gasteiger partial charge in [0.1, 0.15) is 12.3 Å². The van der Waals surface area contributed by atoms with E-state index in [4.69, 9.17) is 16.3 Å². The molecule has 0 aromatic heterocycles. The van der Waals surface area contributed by atoms with Gasteiger partial charge in [0.15, 0.2) is 0 Å². The van der Waals surface area contributed by atoms with Gasteiger partial charge in [0.05, 0.1) is 13.7 Å². The lowest BCUT2D eigenvalue weighted by Crippen LogP contribution is -2.43. The van der Waals surface area contributed by atoms with Gasteiger partial charge in [-0.3, -0.25) is 14.4 Å². The number of benzene rings is 2. The molecular formula is C21H22ClN3O4. The summed E-state index contributed by atoms with van der Waals surface area (Å²) in [6, 6.07) is 13.5. The molecule has 0 heterocycles. The second kappa shape index (κ2) is 9.43. The summed E-state index contributed by atoms with van der Waals surface area (Å²) in [6.07, 6.45) is 1.72. The van der Waals surface area contributed by atoms with Crippen molar-refractivity contribution in [3.05, 3.63) is 59.1 Å². The van der Waals surface area contributed by atoms with Crippen molar-refractivity contribution < 1.29 is 19.1 Å². The maximum atomic E-state index is 12.7. The summed E-state index contributed by atoms with van der Waals surface area (Å²) >= 11 is 5.96. The van der Waals surface area contributed by atoms with Gasteiger partial charge in [0, 0.05) is 22.3 Å². The molecule has 29 heavy (non-hydrogen) atoms. The molecule has 3 amide bonds. The third-order valence-corrected chi connectivity index (χ3v) is 4.69. The SMILES string of the molecule is COc1ccc(NC(=O)CNC(=O)CN(C(=O)c2cccc(Cl)c2)C2CC2)cc1. The maximum Gasteiger partial charge on any atom is 0.254 e. The summed E-state index contributed by atoms with van der Waals surface area (Å²) in [6.45, 7) is -0.291. The molecular weight excluding hydrogens is 394 g/mol. The zero-order chi connectivity index (χ0) is 20.8. The number of rotatable bonds is 8. The summed E-state index contributed by atoms with van der Waals surface area (Å²) in [4.78, 5) is 38.6. The molecule has 1 aliphatic carbocycles. The minimum atomic E-state index is -0.392. The van der Waals surface area contributed by atoms with Gasteiger partial charge in [-0.15, -0.1) is 0 Å². The van der Waals surface area contributed by atoms with Gasteiger partial charge in [-0.25, -0.2) is 0 Å².